The number of ether oxygens (including phenoxy) is 1. The van der Waals surface area contributed by atoms with Gasteiger partial charge in [-0.05, 0) is 55.0 Å². The standard InChI is InChI=1S/C23H20ClN3O4/c1-14-22(25-21(31-14)11-15-4-3-5-17(24)10-15)16-6-8-19(9-7-16)30-13-18-12-20(23(28)29)27(2)26-18/h3-10,12H,11,13H2,1-2H3,(H,28,29). The van der Waals surface area contributed by atoms with Gasteiger partial charge in [-0.2, -0.15) is 5.10 Å². The Morgan fingerprint density at radius 2 is 1.97 bits per heavy atom. The van der Waals surface area contributed by atoms with Crippen LogP contribution in [0.4, 0.5) is 0 Å². The molecule has 4 aromatic rings. The number of carbonyl (C=O) groups is 1. The number of hydrogen-bond acceptors (Lipinski definition) is 5. The maximum absolute atomic E-state index is 11.1. The molecule has 1 N–H and O–H groups in total. The maximum atomic E-state index is 11.1. The van der Waals surface area contributed by atoms with Crippen molar-refractivity contribution in [2.75, 3.05) is 0 Å². The predicted octanol–water partition coefficient (Wildman–Crippen LogP) is 4.90. The second-order valence-electron chi connectivity index (χ2n) is 7.08. The summed E-state index contributed by atoms with van der Waals surface area (Å²) in [6, 6.07) is 16.6. The van der Waals surface area contributed by atoms with Crippen molar-refractivity contribution >= 4 is 17.6 Å². The molecule has 0 bridgehead atoms. The lowest BCUT2D eigenvalue weighted by Crippen LogP contribution is -2.04. The van der Waals surface area contributed by atoms with Crippen molar-refractivity contribution in [1.29, 1.82) is 0 Å². The Kier molecular flexibility index (Phi) is 5.77. The second kappa shape index (κ2) is 8.65. The molecule has 2 heterocycles. The minimum absolute atomic E-state index is 0.115. The first-order chi connectivity index (χ1) is 14.9. The molecule has 158 valence electrons. The lowest BCUT2D eigenvalue weighted by Gasteiger charge is -2.05. The average molecular weight is 438 g/mol. The Balaban J connectivity index is 1.44. The van der Waals surface area contributed by atoms with Gasteiger partial charge in [-0.15, -0.1) is 0 Å². The molecule has 2 aromatic heterocycles. The molecule has 31 heavy (non-hydrogen) atoms. The van der Waals surface area contributed by atoms with E-state index in [2.05, 4.69) is 10.1 Å². The van der Waals surface area contributed by atoms with E-state index < -0.39 is 5.97 Å². The molecule has 0 saturated carbocycles. The highest BCUT2D eigenvalue weighted by Crippen LogP contribution is 2.27. The number of halogens is 1. The van der Waals surface area contributed by atoms with Gasteiger partial charge in [-0.25, -0.2) is 9.78 Å². The van der Waals surface area contributed by atoms with Gasteiger partial charge in [-0.3, -0.25) is 4.68 Å². The molecule has 0 radical (unpaired) electrons. The number of aromatic nitrogens is 3. The lowest BCUT2D eigenvalue weighted by molar-refractivity contribution is 0.0685. The minimum atomic E-state index is -1.02. The Hall–Kier alpha value is -3.58. The van der Waals surface area contributed by atoms with Gasteiger partial charge in [0.05, 0.1) is 0 Å². The van der Waals surface area contributed by atoms with Crippen molar-refractivity contribution in [2.45, 2.75) is 20.0 Å². The summed E-state index contributed by atoms with van der Waals surface area (Å²) in [4.78, 5) is 15.7. The Morgan fingerprint density at radius 1 is 1.19 bits per heavy atom. The second-order valence-corrected chi connectivity index (χ2v) is 7.52. The Labute approximate surface area is 183 Å². The molecule has 0 atom stereocenters. The topological polar surface area (TPSA) is 90.4 Å². The van der Waals surface area contributed by atoms with E-state index in [-0.39, 0.29) is 12.3 Å². The van der Waals surface area contributed by atoms with Crippen molar-refractivity contribution in [2.24, 2.45) is 7.05 Å². The summed E-state index contributed by atoms with van der Waals surface area (Å²) in [6.45, 7) is 2.06. The van der Waals surface area contributed by atoms with Gasteiger partial charge in [0.2, 0.25) is 0 Å². The van der Waals surface area contributed by atoms with E-state index in [0.29, 0.717) is 28.8 Å². The number of rotatable bonds is 7. The smallest absolute Gasteiger partial charge is 0.354 e. The van der Waals surface area contributed by atoms with Crippen molar-refractivity contribution in [3.63, 3.8) is 0 Å². The number of nitrogens with zero attached hydrogens (tertiary/aromatic N) is 3. The molecular formula is C23H20ClN3O4. The molecule has 2 aromatic carbocycles. The first kappa shape index (κ1) is 20.7. The normalized spacial score (nSPS) is 10.9. The molecule has 7 nitrogen and oxygen atoms in total. The summed E-state index contributed by atoms with van der Waals surface area (Å²) in [5, 5.41) is 13.9. The fourth-order valence-electron chi connectivity index (χ4n) is 3.28. The number of carboxylic acids is 1. The van der Waals surface area contributed by atoms with Crippen LogP contribution in [0.15, 0.2) is 59.0 Å². The predicted molar refractivity (Wildman–Crippen MR) is 115 cm³/mol. The van der Waals surface area contributed by atoms with Gasteiger partial charge in [0.25, 0.3) is 0 Å². The maximum Gasteiger partial charge on any atom is 0.354 e. The SMILES string of the molecule is Cc1oc(Cc2cccc(Cl)c2)nc1-c1ccc(OCc2cc(C(=O)O)n(C)n2)cc1. The van der Waals surface area contributed by atoms with Gasteiger partial charge in [0, 0.05) is 24.1 Å². The third kappa shape index (κ3) is 4.78. The van der Waals surface area contributed by atoms with Gasteiger partial charge in [-0.1, -0.05) is 23.7 Å². The molecule has 0 aliphatic rings. The number of hydrogen-bond donors (Lipinski definition) is 1. The third-order valence-corrected chi connectivity index (χ3v) is 4.98. The molecule has 0 unspecified atom stereocenters. The highest BCUT2D eigenvalue weighted by atomic mass is 35.5. The summed E-state index contributed by atoms with van der Waals surface area (Å²) < 4.78 is 12.9. The van der Waals surface area contributed by atoms with Crippen molar-refractivity contribution in [3.8, 4) is 17.0 Å². The van der Waals surface area contributed by atoms with Gasteiger partial charge >= 0.3 is 5.97 Å². The van der Waals surface area contributed by atoms with E-state index in [0.717, 1.165) is 22.6 Å². The fourth-order valence-corrected chi connectivity index (χ4v) is 3.49. The highest BCUT2D eigenvalue weighted by Gasteiger charge is 2.14. The molecule has 0 aliphatic carbocycles. The van der Waals surface area contributed by atoms with Crippen LogP contribution < -0.4 is 4.74 Å². The summed E-state index contributed by atoms with van der Waals surface area (Å²) in [6.07, 6.45) is 0.561. The van der Waals surface area contributed by atoms with E-state index in [1.807, 2.05) is 55.5 Å². The first-order valence-corrected chi connectivity index (χ1v) is 9.97. The zero-order valence-corrected chi connectivity index (χ0v) is 17.8. The molecule has 0 amide bonds. The lowest BCUT2D eigenvalue weighted by atomic mass is 10.1. The Morgan fingerprint density at radius 3 is 2.65 bits per heavy atom. The number of aromatic carboxylic acids is 1. The number of carboxylic acid groups (broad SMARTS) is 1. The van der Waals surface area contributed by atoms with Gasteiger partial charge < -0.3 is 14.3 Å². The van der Waals surface area contributed by atoms with E-state index in [1.165, 1.54) is 10.7 Å². The summed E-state index contributed by atoms with van der Waals surface area (Å²) in [5.74, 6) is 0.981. The quantitative estimate of drug-likeness (QED) is 0.442. The van der Waals surface area contributed by atoms with E-state index in [4.69, 9.17) is 25.9 Å². The van der Waals surface area contributed by atoms with Crippen LogP contribution in [0, 0.1) is 6.92 Å². The average Bonchev–Trinajstić information content (AvgIpc) is 3.29. The van der Waals surface area contributed by atoms with E-state index in [1.54, 1.807) is 7.05 Å². The molecule has 0 aliphatic heterocycles. The monoisotopic (exact) mass is 437 g/mol. The van der Waals surface area contributed by atoms with Crippen LogP contribution >= 0.6 is 11.6 Å². The van der Waals surface area contributed by atoms with Crippen molar-refractivity contribution < 1.29 is 19.1 Å². The molecule has 8 heteroatoms. The number of oxazole rings is 1. The summed E-state index contributed by atoms with van der Waals surface area (Å²) in [7, 11) is 1.59. The summed E-state index contributed by atoms with van der Waals surface area (Å²) in [5.41, 5.74) is 3.38. The molecular weight excluding hydrogens is 418 g/mol. The Bertz CT molecular complexity index is 1230. The van der Waals surface area contributed by atoms with E-state index >= 15 is 0 Å². The molecule has 4 rings (SSSR count). The number of aryl methyl sites for hydroxylation is 2. The van der Waals surface area contributed by atoms with Crippen molar-refractivity contribution in [1.82, 2.24) is 14.8 Å². The van der Waals surface area contributed by atoms with Crippen LogP contribution in [0.3, 0.4) is 0 Å². The first-order valence-electron chi connectivity index (χ1n) is 9.59. The molecule has 0 spiro atoms. The van der Waals surface area contributed by atoms with Crippen LogP contribution in [0.5, 0.6) is 5.75 Å². The highest BCUT2D eigenvalue weighted by molar-refractivity contribution is 6.30. The van der Waals surface area contributed by atoms with Crippen LogP contribution in [0.25, 0.3) is 11.3 Å². The number of benzene rings is 2. The van der Waals surface area contributed by atoms with Gasteiger partial charge in [0.15, 0.2) is 5.89 Å². The summed E-state index contributed by atoms with van der Waals surface area (Å²) >= 11 is 6.05. The minimum Gasteiger partial charge on any atom is -0.487 e. The molecule has 0 fully saturated rings. The van der Waals surface area contributed by atoms with Crippen molar-refractivity contribution in [3.05, 3.63) is 88.2 Å². The van der Waals surface area contributed by atoms with E-state index in [9.17, 15) is 4.79 Å². The molecule has 0 saturated heterocycles. The largest absolute Gasteiger partial charge is 0.487 e. The fraction of sp³-hybridized carbons (Fsp3) is 0.174. The van der Waals surface area contributed by atoms with Crippen LogP contribution in [-0.2, 0) is 20.1 Å². The van der Waals surface area contributed by atoms with Crippen LogP contribution in [-0.4, -0.2) is 25.8 Å². The zero-order valence-electron chi connectivity index (χ0n) is 17.0. The zero-order chi connectivity index (χ0) is 22.0. The van der Waals surface area contributed by atoms with Crippen LogP contribution in [0.2, 0.25) is 5.02 Å². The van der Waals surface area contributed by atoms with Crippen LogP contribution in [0.1, 0.15) is 33.4 Å². The third-order valence-electron chi connectivity index (χ3n) is 4.75. The van der Waals surface area contributed by atoms with Gasteiger partial charge in [0.1, 0.15) is 35.2 Å².